The van der Waals surface area contributed by atoms with Gasteiger partial charge >= 0.3 is 12.4 Å². The van der Waals surface area contributed by atoms with E-state index in [9.17, 15) is 18.0 Å². The third kappa shape index (κ3) is 6.93. The molecule has 1 aliphatic rings. The molecule has 1 aliphatic carbocycles. The largest absolute Gasteiger partial charge is 0.573 e. The summed E-state index contributed by atoms with van der Waals surface area (Å²) < 4.78 is 46.5. The third-order valence-corrected chi connectivity index (χ3v) is 6.52. The second-order valence-electron chi connectivity index (χ2n) is 8.89. The lowest BCUT2D eigenvalue weighted by Crippen LogP contribution is -2.44. The van der Waals surface area contributed by atoms with Crippen molar-refractivity contribution in [1.82, 2.24) is 4.90 Å². The minimum atomic E-state index is -4.77. The van der Waals surface area contributed by atoms with Crippen molar-refractivity contribution in [3.8, 4) is 11.5 Å². The number of methoxy groups -OCH3 is 1. The fraction of sp³-hybridized carbons (Fsp3) is 0.321. The van der Waals surface area contributed by atoms with Crippen molar-refractivity contribution < 1.29 is 27.4 Å². The number of halogens is 3. The smallest absolute Gasteiger partial charge is 0.497 e. The number of ether oxygens (including phenoxy) is 2. The molecule has 36 heavy (non-hydrogen) atoms. The van der Waals surface area contributed by atoms with E-state index in [1.165, 1.54) is 29.8 Å². The van der Waals surface area contributed by atoms with Crippen molar-refractivity contribution >= 4 is 11.7 Å². The first-order chi connectivity index (χ1) is 17.3. The molecule has 3 aromatic rings. The molecule has 5 nitrogen and oxygen atoms in total. The summed E-state index contributed by atoms with van der Waals surface area (Å²) in [6, 6.07) is 22.9. The van der Waals surface area contributed by atoms with Crippen LogP contribution in [-0.2, 0) is 6.54 Å². The number of urea groups is 1. The maximum atomic E-state index is 13.4. The molecule has 0 bridgehead atoms. The maximum Gasteiger partial charge on any atom is 0.573 e. The first-order valence-electron chi connectivity index (χ1n) is 11.9. The Hall–Kier alpha value is -3.68. The predicted molar refractivity (Wildman–Crippen MR) is 132 cm³/mol. The van der Waals surface area contributed by atoms with Gasteiger partial charge in [-0.05, 0) is 79.1 Å². The molecule has 0 heterocycles. The molecular formula is C28H29F3N2O3. The second-order valence-corrected chi connectivity index (χ2v) is 8.89. The fourth-order valence-electron chi connectivity index (χ4n) is 4.68. The first kappa shape index (κ1) is 25.4. The van der Waals surface area contributed by atoms with E-state index in [1.54, 1.807) is 7.11 Å². The zero-order valence-corrected chi connectivity index (χ0v) is 20.0. The highest BCUT2D eigenvalue weighted by Gasteiger charge is 2.31. The summed E-state index contributed by atoms with van der Waals surface area (Å²) in [5, 5.41) is 2.84. The van der Waals surface area contributed by atoms with Gasteiger partial charge in [0, 0.05) is 18.3 Å². The Morgan fingerprint density at radius 3 is 2.08 bits per heavy atom. The summed E-state index contributed by atoms with van der Waals surface area (Å²) >= 11 is 0. The molecule has 0 aliphatic heterocycles. The fourth-order valence-corrected chi connectivity index (χ4v) is 4.68. The predicted octanol–water partition coefficient (Wildman–Crippen LogP) is 7.35. The van der Waals surface area contributed by atoms with Crippen molar-refractivity contribution in [3.05, 3.63) is 90.0 Å². The van der Waals surface area contributed by atoms with Gasteiger partial charge in [0.15, 0.2) is 0 Å². The summed E-state index contributed by atoms with van der Waals surface area (Å²) in [4.78, 5) is 15.2. The Labute approximate surface area is 208 Å². The van der Waals surface area contributed by atoms with Crippen LogP contribution in [0.5, 0.6) is 11.5 Å². The van der Waals surface area contributed by atoms with Gasteiger partial charge in [-0.1, -0.05) is 42.5 Å². The summed E-state index contributed by atoms with van der Waals surface area (Å²) in [6.45, 7) is 0.408. The van der Waals surface area contributed by atoms with E-state index in [0.717, 1.165) is 37.0 Å². The van der Waals surface area contributed by atoms with Gasteiger partial charge in [-0.2, -0.15) is 0 Å². The van der Waals surface area contributed by atoms with Crippen LogP contribution in [0.1, 0.15) is 42.7 Å². The lowest BCUT2D eigenvalue weighted by atomic mass is 9.81. The van der Waals surface area contributed by atoms with Crippen LogP contribution in [0.25, 0.3) is 0 Å². The molecule has 0 atom stereocenters. The van der Waals surface area contributed by atoms with Crippen LogP contribution in [0.2, 0.25) is 0 Å². The number of amides is 2. The van der Waals surface area contributed by atoms with Gasteiger partial charge in [0.1, 0.15) is 11.5 Å². The number of hydrogen-bond donors (Lipinski definition) is 1. The molecule has 1 saturated carbocycles. The number of anilines is 1. The van der Waals surface area contributed by atoms with E-state index < -0.39 is 6.36 Å². The molecule has 0 radical (unpaired) electrons. The Balaban J connectivity index is 1.46. The van der Waals surface area contributed by atoms with Crippen LogP contribution in [0.4, 0.5) is 23.7 Å². The average Bonchev–Trinajstić information content (AvgIpc) is 2.88. The molecule has 4 rings (SSSR count). The quantitative estimate of drug-likeness (QED) is 0.370. The van der Waals surface area contributed by atoms with E-state index in [0.29, 0.717) is 18.2 Å². The normalized spacial score (nSPS) is 17.8. The minimum Gasteiger partial charge on any atom is -0.497 e. The Morgan fingerprint density at radius 1 is 0.889 bits per heavy atom. The summed E-state index contributed by atoms with van der Waals surface area (Å²) in [7, 11) is 1.60. The zero-order valence-electron chi connectivity index (χ0n) is 20.0. The summed E-state index contributed by atoms with van der Waals surface area (Å²) in [5.74, 6) is 0.864. The van der Waals surface area contributed by atoms with Gasteiger partial charge in [0.25, 0.3) is 0 Å². The lowest BCUT2D eigenvalue weighted by molar-refractivity contribution is -0.274. The first-order valence-corrected chi connectivity index (χ1v) is 11.9. The molecule has 0 aromatic heterocycles. The molecule has 1 N–H and O–H groups in total. The number of carbonyl (C=O) groups is 1. The summed E-state index contributed by atoms with van der Waals surface area (Å²) in [5.41, 5.74) is 2.68. The maximum absolute atomic E-state index is 13.4. The Morgan fingerprint density at radius 2 is 1.50 bits per heavy atom. The lowest BCUT2D eigenvalue weighted by Gasteiger charge is -2.37. The monoisotopic (exact) mass is 498 g/mol. The Kier molecular flexibility index (Phi) is 8.03. The molecule has 0 unspecified atom stereocenters. The van der Waals surface area contributed by atoms with Gasteiger partial charge in [-0.25, -0.2) is 4.79 Å². The molecule has 2 amide bonds. The number of alkyl halides is 3. The van der Waals surface area contributed by atoms with Crippen LogP contribution in [0, 0.1) is 0 Å². The van der Waals surface area contributed by atoms with E-state index in [1.807, 2.05) is 35.2 Å². The van der Waals surface area contributed by atoms with Gasteiger partial charge in [0.2, 0.25) is 0 Å². The number of carbonyl (C=O) groups excluding carboxylic acids is 1. The van der Waals surface area contributed by atoms with E-state index >= 15 is 0 Å². The molecular weight excluding hydrogens is 469 g/mol. The molecule has 8 heteroatoms. The van der Waals surface area contributed by atoms with Crippen LogP contribution in [0.3, 0.4) is 0 Å². The number of nitrogens with zero attached hydrogens (tertiary/aromatic N) is 1. The van der Waals surface area contributed by atoms with Gasteiger partial charge in [-0.15, -0.1) is 13.2 Å². The number of hydrogen-bond acceptors (Lipinski definition) is 3. The van der Waals surface area contributed by atoms with Crippen LogP contribution in [-0.4, -0.2) is 30.4 Å². The third-order valence-electron chi connectivity index (χ3n) is 6.52. The van der Waals surface area contributed by atoms with Crippen molar-refractivity contribution in [2.45, 2.75) is 50.6 Å². The second kappa shape index (κ2) is 11.4. The highest BCUT2D eigenvalue weighted by atomic mass is 19.4. The van der Waals surface area contributed by atoms with E-state index in [4.69, 9.17) is 4.74 Å². The van der Waals surface area contributed by atoms with Gasteiger partial charge < -0.3 is 19.7 Å². The van der Waals surface area contributed by atoms with Gasteiger partial charge in [-0.3, -0.25) is 0 Å². The van der Waals surface area contributed by atoms with Crippen molar-refractivity contribution in [2.75, 3.05) is 12.4 Å². The van der Waals surface area contributed by atoms with Crippen LogP contribution < -0.4 is 14.8 Å². The number of rotatable bonds is 7. The minimum absolute atomic E-state index is 0.0416. The summed E-state index contributed by atoms with van der Waals surface area (Å²) in [6.07, 6.45) is -1.09. The number of nitrogens with one attached hydrogen (secondary N) is 1. The topological polar surface area (TPSA) is 50.8 Å². The standard InChI is InChI=1S/C28H29F3N2O3/c1-35-25-15-7-20(8-16-25)19-33(24-13-9-22(10-14-24)21-5-3-2-4-6-21)27(34)32-23-11-17-26(18-12-23)36-28(29,30)31/h2-8,11-12,15-18,22,24H,9-10,13-14,19H2,1H3,(H,32,34)/t22-,24-. The number of benzene rings is 3. The molecule has 0 saturated heterocycles. The molecule has 1 fully saturated rings. The Bertz CT molecular complexity index is 1110. The van der Waals surface area contributed by atoms with Crippen molar-refractivity contribution in [3.63, 3.8) is 0 Å². The molecule has 3 aromatic carbocycles. The van der Waals surface area contributed by atoms with Crippen molar-refractivity contribution in [1.29, 1.82) is 0 Å². The molecule has 190 valence electrons. The SMILES string of the molecule is COc1ccc(CN(C(=O)Nc2ccc(OC(F)(F)F)cc2)[C@H]2CC[C@H](c3ccccc3)CC2)cc1. The highest BCUT2D eigenvalue weighted by Crippen LogP contribution is 2.35. The van der Waals surface area contributed by atoms with Crippen LogP contribution in [0.15, 0.2) is 78.9 Å². The van der Waals surface area contributed by atoms with E-state index in [2.05, 4.69) is 34.3 Å². The van der Waals surface area contributed by atoms with Crippen LogP contribution >= 0.6 is 0 Å². The average molecular weight is 499 g/mol. The van der Waals surface area contributed by atoms with Crippen molar-refractivity contribution in [2.24, 2.45) is 0 Å². The van der Waals surface area contributed by atoms with Gasteiger partial charge in [0.05, 0.1) is 7.11 Å². The zero-order chi connectivity index (χ0) is 25.5. The highest BCUT2D eigenvalue weighted by molar-refractivity contribution is 5.89. The van der Waals surface area contributed by atoms with E-state index in [-0.39, 0.29) is 17.8 Å². The molecule has 0 spiro atoms.